The van der Waals surface area contributed by atoms with Crippen molar-refractivity contribution in [3.8, 4) is 0 Å². The molecule has 5 nitrogen and oxygen atoms in total. The fraction of sp³-hybridized carbons (Fsp3) is 0.263. The lowest BCUT2D eigenvalue weighted by Crippen LogP contribution is -2.26. The first kappa shape index (κ1) is 17.5. The second-order valence-corrected chi connectivity index (χ2v) is 6.21. The van der Waals surface area contributed by atoms with Gasteiger partial charge >= 0.3 is 0 Å². The molecule has 2 aromatic rings. The largest absolute Gasteiger partial charge is 0.367 e. The molecule has 25 heavy (non-hydrogen) atoms. The van der Waals surface area contributed by atoms with E-state index in [1.807, 2.05) is 36.4 Å². The molecule has 3 rings (SSSR count). The third-order valence-electron chi connectivity index (χ3n) is 3.99. The standard InChI is InChI=1S/C19H19ClN2O3/c20-15-7-2-1-6-14(15)12-25-13-18(23)21-16-8-3-4-9-17(16)22-11-5-10-19(22)24/h1-4,6-9H,5,10-13H2,(H,21,23). The van der Waals surface area contributed by atoms with E-state index < -0.39 is 0 Å². The Morgan fingerprint density at radius 3 is 2.68 bits per heavy atom. The Bertz CT molecular complexity index is 779. The number of halogens is 1. The molecule has 1 aliphatic rings. The van der Waals surface area contributed by atoms with Crippen molar-refractivity contribution in [2.45, 2.75) is 19.4 Å². The Kier molecular flexibility index (Phi) is 5.68. The highest BCUT2D eigenvalue weighted by Gasteiger charge is 2.24. The maximum atomic E-state index is 12.2. The van der Waals surface area contributed by atoms with Gasteiger partial charge < -0.3 is 15.0 Å². The van der Waals surface area contributed by atoms with Gasteiger partial charge in [-0.15, -0.1) is 0 Å². The van der Waals surface area contributed by atoms with Gasteiger partial charge in [0.1, 0.15) is 6.61 Å². The first-order valence-electron chi connectivity index (χ1n) is 8.15. The van der Waals surface area contributed by atoms with E-state index in [2.05, 4.69) is 5.32 Å². The van der Waals surface area contributed by atoms with Crippen LogP contribution in [0.2, 0.25) is 5.02 Å². The number of rotatable bonds is 6. The van der Waals surface area contributed by atoms with Crippen LogP contribution in [0.5, 0.6) is 0 Å². The fourth-order valence-electron chi connectivity index (χ4n) is 2.77. The molecule has 0 radical (unpaired) electrons. The molecule has 2 aromatic carbocycles. The molecule has 1 saturated heterocycles. The van der Waals surface area contributed by atoms with Crippen molar-refractivity contribution in [2.75, 3.05) is 23.4 Å². The van der Waals surface area contributed by atoms with Gasteiger partial charge in [0, 0.05) is 18.0 Å². The molecule has 0 atom stereocenters. The monoisotopic (exact) mass is 358 g/mol. The van der Waals surface area contributed by atoms with Crippen molar-refractivity contribution >= 4 is 34.8 Å². The van der Waals surface area contributed by atoms with Crippen LogP contribution in [-0.2, 0) is 20.9 Å². The van der Waals surface area contributed by atoms with Gasteiger partial charge in [-0.1, -0.05) is 41.9 Å². The summed E-state index contributed by atoms with van der Waals surface area (Å²) in [5.74, 6) is -0.192. The summed E-state index contributed by atoms with van der Waals surface area (Å²) in [4.78, 5) is 25.8. The zero-order chi connectivity index (χ0) is 17.6. The topological polar surface area (TPSA) is 58.6 Å². The number of para-hydroxylation sites is 2. The summed E-state index contributed by atoms with van der Waals surface area (Å²) >= 11 is 6.06. The first-order chi connectivity index (χ1) is 12.1. The summed E-state index contributed by atoms with van der Waals surface area (Å²) in [6.45, 7) is 0.849. The summed E-state index contributed by atoms with van der Waals surface area (Å²) in [5, 5.41) is 3.43. The predicted octanol–water partition coefficient (Wildman–Crippen LogP) is 3.62. The van der Waals surface area contributed by atoms with Crippen molar-refractivity contribution in [3.63, 3.8) is 0 Å². The highest BCUT2D eigenvalue weighted by atomic mass is 35.5. The quantitative estimate of drug-likeness (QED) is 0.858. The molecule has 2 amide bonds. The smallest absolute Gasteiger partial charge is 0.250 e. The van der Waals surface area contributed by atoms with Crippen LogP contribution in [0.15, 0.2) is 48.5 Å². The van der Waals surface area contributed by atoms with Crippen molar-refractivity contribution in [1.82, 2.24) is 0 Å². The molecule has 1 aliphatic heterocycles. The molecule has 0 saturated carbocycles. The number of ether oxygens (including phenoxy) is 1. The molecule has 1 N–H and O–H groups in total. The molecule has 0 spiro atoms. The Morgan fingerprint density at radius 2 is 1.92 bits per heavy atom. The van der Waals surface area contributed by atoms with E-state index in [-0.39, 0.29) is 25.0 Å². The fourth-order valence-corrected chi connectivity index (χ4v) is 2.96. The highest BCUT2D eigenvalue weighted by Crippen LogP contribution is 2.29. The van der Waals surface area contributed by atoms with Crippen LogP contribution >= 0.6 is 11.6 Å². The average Bonchev–Trinajstić information content (AvgIpc) is 3.03. The number of hydrogen-bond acceptors (Lipinski definition) is 3. The van der Waals surface area contributed by atoms with E-state index in [0.717, 1.165) is 17.7 Å². The number of hydrogen-bond donors (Lipinski definition) is 1. The molecule has 130 valence electrons. The van der Waals surface area contributed by atoms with Crippen LogP contribution in [-0.4, -0.2) is 25.0 Å². The summed E-state index contributed by atoms with van der Waals surface area (Å²) < 4.78 is 5.44. The van der Waals surface area contributed by atoms with Crippen LogP contribution < -0.4 is 10.2 Å². The zero-order valence-electron chi connectivity index (χ0n) is 13.7. The molecule has 0 unspecified atom stereocenters. The number of benzene rings is 2. The van der Waals surface area contributed by atoms with E-state index in [0.29, 0.717) is 23.7 Å². The lowest BCUT2D eigenvalue weighted by molar-refractivity contribution is -0.121. The normalized spacial score (nSPS) is 14.0. The Balaban J connectivity index is 1.58. The van der Waals surface area contributed by atoms with Gasteiger partial charge in [0.05, 0.1) is 18.0 Å². The summed E-state index contributed by atoms with van der Waals surface area (Å²) in [7, 11) is 0. The Hall–Kier alpha value is -2.37. The third kappa shape index (κ3) is 4.38. The maximum Gasteiger partial charge on any atom is 0.250 e. The first-order valence-corrected chi connectivity index (χ1v) is 8.53. The van der Waals surface area contributed by atoms with Gasteiger partial charge in [-0.2, -0.15) is 0 Å². The highest BCUT2D eigenvalue weighted by molar-refractivity contribution is 6.31. The van der Waals surface area contributed by atoms with E-state index in [1.54, 1.807) is 17.0 Å². The van der Waals surface area contributed by atoms with Gasteiger partial charge in [0.15, 0.2) is 0 Å². The molecule has 1 fully saturated rings. The maximum absolute atomic E-state index is 12.2. The van der Waals surface area contributed by atoms with Crippen molar-refractivity contribution < 1.29 is 14.3 Å². The van der Waals surface area contributed by atoms with Crippen LogP contribution in [0.1, 0.15) is 18.4 Å². The van der Waals surface area contributed by atoms with Gasteiger partial charge in [0.25, 0.3) is 0 Å². The number of amides is 2. The molecule has 0 aromatic heterocycles. The van der Waals surface area contributed by atoms with Crippen LogP contribution in [0.4, 0.5) is 11.4 Å². The van der Waals surface area contributed by atoms with Crippen molar-refractivity contribution in [2.24, 2.45) is 0 Å². The van der Waals surface area contributed by atoms with E-state index in [1.165, 1.54) is 0 Å². The Morgan fingerprint density at radius 1 is 1.16 bits per heavy atom. The zero-order valence-corrected chi connectivity index (χ0v) is 14.5. The minimum atomic E-state index is -0.272. The Labute approximate surface area is 151 Å². The van der Waals surface area contributed by atoms with Gasteiger partial charge in [-0.05, 0) is 30.2 Å². The third-order valence-corrected chi connectivity index (χ3v) is 4.36. The molecule has 1 heterocycles. The number of carbonyl (C=O) groups is 2. The van der Waals surface area contributed by atoms with Crippen LogP contribution in [0.25, 0.3) is 0 Å². The SMILES string of the molecule is O=C(COCc1ccccc1Cl)Nc1ccccc1N1CCCC1=O. The number of nitrogens with zero attached hydrogens (tertiary/aromatic N) is 1. The number of carbonyl (C=O) groups excluding carboxylic acids is 2. The lowest BCUT2D eigenvalue weighted by atomic mass is 10.2. The predicted molar refractivity (Wildman–Crippen MR) is 97.8 cm³/mol. The van der Waals surface area contributed by atoms with Gasteiger partial charge in [0.2, 0.25) is 11.8 Å². The number of anilines is 2. The molecule has 0 bridgehead atoms. The molecule has 0 aliphatic carbocycles. The van der Waals surface area contributed by atoms with E-state index in [9.17, 15) is 9.59 Å². The van der Waals surface area contributed by atoms with Gasteiger partial charge in [-0.3, -0.25) is 9.59 Å². The molecular formula is C19H19ClN2O3. The minimum Gasteiger partial charge on any atom is -0.367 e. The van der Waals surface area contributed by atoms with E-state index >= 15 is 0 Å². The second-order valence-electron chi connectivity index (χ2n) is 5.80. The molecular weight excluding hydrogens is 340 g/mol. The number of nitrogens with one attached hydrogen (secondary N) is 1. The summed E-state index contributed by atoms with van der Waals surface area (Å²) in [6.07, 6.45) is 1.38. The minimum absolute atomic E-state index is 0.0802. The van der Waals surface area contributed by atoms with Crippen LogP contribution in [0, 0.1) is 0 Å². The summed E-state index contributed by atoms with van der Waals surface area (Å²) in [5.41, 5.74) is 2.17. The second kappa shape index (κ2) is 8.14. The van der Waals surface area contributed by atoms with Gasteiger partial charge in [-0.25, -0.2) is 0 Å². The van der Waals surface area contributed by atoms with E-state index in [4.69, 9.17) is 16.3 Å². The van der Waals surface area contributed by atoms with Crippen molar-refractivity contribution in [3.05, 3.63) is 59.1 Å². The average molecular weight is 359 g/mol. The summed E-state index contributed by atoms with van der Waals surface area (Å²) in [6, 6.07) is 14.6. The van der Waals surface area contributed by atoms with Crippen molar-refractivity contribution in [1.29, 1.82) is 0 Å². The molecule has 6 heteroatoms. The lowest BCUT2D eigenvalue weighted by Gasteiger charge is -2.20. The van der Waals surface area contributed by atoms with Crippen LogP contribution in [0.3, 0.4) is 0 Å².